The van der Waals surface area contributed by atoms with E-state index in [2.05, 4.69) is 53.7 Å². The first kappa shape index (κ1) is 19.6. The van der Waals surface area contributed by atoms with Crippen molar-refractivity contribution in [1.82, 2.24) is 0 Å². The molecule has 22 heavy (non-hydrogen) atoms. The Labute approximate surface area is 145 Å². The monoisotopic (exact) mass is 384 g/mol. The van der Waals surface area contributed by atoms with Gasteiger partial charge in [0, 0.05) is 17.7 Å². The molecule has 0 spiro atoms. The Morgan fingerprint density at radius 3 is 2.09 bits per heavy atom. The van der Waals surface area contributed by atoms with Crippen LogP contribution in [0.1, 0.15) is 52.0 Å². The molecule has 4 heteroatoms. The Morgan fingerprint density at radius 1 is 1.00 bits per heavy atom. The van der Waals surface area contributed by atoms with Gasteiger partial charge in [-0.1, -0.05) is 67.2 Å². The minimum Gasteiger partial charge on any atom is -0.391 e. The highest BCUT2D eigenvalue weighted by atomic mass is 79.9. The summed E-state index contributed by atoms with van der Waals surface area (Å²) in [5.74, 6) is 0. The molecule has 1 rings (SSSR count). The molecule has 0 heterocycles. The largest absolute Gasteiger partial charge is 0.391 e. The molecule has 0 bridgehead atoms. The van der Waals surface area contributed by atoms with Crippen LogP contribution in [0.15, 0.2) is 35.3 Å². The lowest BCUT2D eigenvalue weighted by Gasteiger charge is -2.32. The van der Waals surface area contributed by atoms with E-state index in [1.807, 2.05) is 13.8 Å². The highest BCUT2D eigenvalue weighted by Crippen LogP contribution is 2.32. The van der Waals surface area contributed by atoms with Crippen molar-refractivity contribution in [1.29, 1.82) is 0 Å². The molecule has 0 saturated carbocycles. The molecule has 0 saturated heterocycles. The third kappa shape index (κ3) is 5.65. The van der Waals surface area contributed by atoms with Crippen molar-refractivity contribution < 1.29 is 8.85 Å². The minimum absolute atomic E-state index is 0.676. The van der Waals surface area contributed by atoms with Crippen LogP contribution >= 0.6 is 15.9 Å². The summed E-state index contributed by atoms with van der Waals surface area (Å²) in [5.41, 5.74) is 1.13. The molecule has 0 unspecified atom stereocenters. The predicted octanol–water partition coefficient (Wildman–Crippen LogP) is 6.10. The quantitative estimate of drug-likeness (QED) is 0.339. The average molecular weight is 385 g/mol. The fourth-order valence-electron chi connectivity index (χ4n) is 2.63. The van der Waals surface area contributed by atoms with Gasteiger partial charge in [-0.05, 0) is 42.8 Å². The standard InChI is InChI=1S/C18H29BrO2Si/c1-5-8-9-10-15-22(20-6-2,21-7-3)16(4)17-11-13-18(19)14-12-17/h11-14H,4-10,15H2,1-3H3. The highest BCUT2D eigenvalue weighted by molar-refractivity contribution is 9.10. The van der Waals surface area contributed by atoms with Crippen LogP contribution in [0.2, 0.25) is 6.04 Å². The topological polar surface area (TPSA) is 18.5 Å². The van der Waals surface area contributed by atoms with Gasteiger partial charge in [0.25, 0.3) is 0 Å². The number of rotatable bonds is 11. The lowest BCUT2D eigenvalue weighted by atomic mass is 10.2. The molecule has 1 aromatic rings. The van der Waals surface area contributed by atoms with Crippen LogP contribution in [0.3, 0.4) is 0 Å². The maximum absolute atomic E-state index is 6.20. The van der Waals surface area contributed by atoms with Gasteiger partial charge >= 0.3 is 8.56 Å². The summed E-state index contributed by atoms with van der Waals surface area (Å²) >= 11 is 3.48. The Kier molecular flexibility index (Phi) is 9.25. The van der Waals surface area contributed by atoms with Gasteiger partial charge in [0.1, 0.15) is 0 Å². The zero-order valence-electron chi connectivity index (χ0n) is 14.2. The van der Waals surface area contributed by atoms with Gasteiger partial charge < -0.3 is 8.85 Å². The van der Waals surface area contributed by atoms with Crippen LogP contribution in [0.5, 0.6) is 0 Å². The fraction of sp³-hybridized carbons (Fsp3) is 0.556. The Morgan fingerprint density at radius 2 is 1.59 bits per heavy atom. The molecule has 0 fully saturated rings. The summed E-state index contributed by atoms with van der Waals surface area (Å²) in [4.78, 5) is 0. The van der Waals surface area contributed by atoms with E-state index in [4.69, 9.17) is 8.85 Å². The van der Waals surface area contributed by atoms with E-state index in [0.717, 1.165) is 27.7 Å². The zero-order chi connectivity index (χ0) is 16.4. The number of benzene rings is 1. The molecule has 0 aliphatic heterocycles. The van der Waals surface area contributed by atoms with Crippen LogP contribution in [0, 0.1) is 0 Å². The molecule has 1 aromatic carbocycles. The molecule has 0 N–H and O–H groups in total. The number of unbranched alkanes of at least 4 members (excludes halogenated alkanes) is 3. The first-order valence-electron chi connectivity index (χ1n) is 8.32. The van der Waals surface area contributed by atoms with E-state index in [9.17, 15) is 0 Å². The maximum atomic E-state index is 6.20. The lowest BCUT2D eigenvalue weighted by Crippen LogP contribution is -2.43. The third-order valence-corrected chi connectivity index (χ3v) is 8.03. The molecule has 0 atom stereocenters. The van der Waals surface area contributed by atoms with Gasteiger partial charge in [-0.3, -0.25) is 0 Å². The number of hydrogen-bond donors (Lipinski definition) is 0. The average Bonchev–Trinajstić information content (AvgIpc) is 2.52. The van der Waals surface area contributed by atoms with Crippen molar-refractivity contribution in [2.45, 2.75) is 52.5 Å². The molecule has 0 radical (unpaired) electrons. The van der Waals surface area contributed by atoms with Crippen LogP contribution in [-0.2, 0) is 8.85 Å². The van der Waals surface area contributed by atoms with Gasteiger partial charge in [-0.25, -0.2) is 0 Å². The van der Waals surface area contributed by atoms with E-state index in [-0.39, 0.29) is 0 Å². The summed E-state index contributed by atoms with van der Waals surface area (Å²) < 4.78 is 13.5. The van der Waals surface area contributed by atoms with Crippen molar-refractivity contribution in [3.8, 4) is 0 Å². The van der Waals surface area contributed by atoms with Crippen molar-refractivity contribution in [3.05, 3.63) is 40.9 Å². The van der Waals surface area contributed by atoms with E-state index >= 15 is 0 Å². The van der Waals surface area contributed by atoms with E-state index in [1.54, 1.807) is 0 Å². The first-order chi connectivity index (χ1) is 10.6. The summed E-state index contributed by atoms with van der Waals surface area (Å²) in [7, 11) is -2.42. The van der Waals surface area contributed by atoms with E-state index in [0.29, 0.717) is 13.2 Å². The third-order valence-electron chi connectivity index (χ3n) is 3.77. The predicted molar refractivity (Wildman–Crippen MR) is 101 cm³/mol. The van der Waals surface area contributed by atoms with Crippen molar-refractivity contribution in [3.63, 3.8) is 0 Å². The Hall–Kier alpha value is -0.423. The van der Waals surface area contributed by atoms with Gasteiger partial charge in [-0.2, -0.15) is 0 Å². The Bertz CT molecular complexity index is 439. The summed E-state index contributed by atoms with van der Waals surface area (Å²) in [6.45, 7) is 12.0. The minimum atomic E-state index is -2.42. The second kappa shape index (κ2) is 10.4. The number of halogens is 1. The molecule has 0 amide bonds. The second-order valence-electron chi connectivity index (χ2n) is 5.42. The van der Waals surface area contributed by atoms with Crippen molar-refractivity contribution in [2.24, 2.45) is 0 Å². The number of hydrogen-bond acceptors (Lipinski definition) is 2. The normalized spacial score (nSPS) is 11.6. The van der Waals surface area contributed by atoms with Gasteiger partial charge in [-0.15, -0.1) is 0 Å². The summed E-state index contributed by atoms with van der Waals surface area (Å²) in [5, 5.41) is 1.06. The SMILES string of the molecule is C=C(c1ccc(Br)cc1)[Si](CCCCCC)(OCC)OCC. The molecule has 2 nitrogen and oxygen atoms in total. The van der Waals surface area contributed by atoms with Crippen molar-refractivity contribution in [2.75, 3.05) is 13.2 Å². The molecule has 0 aromatic heterocycles. The van der Waals surface area contributed by atoms with Gasteiger partial charge in [0.2, 0.25) is 0 Å². The van der Waals surface area contributed by atoms with Gasteiger partial charge in [0.15, 0.2) is 0 Å². The van der Waals surface area contributed by atoms with E-state index in [1.165, 1.54) is 19.3 Å². The summed E-state index contributed by atoms with van der Waals surface area (Å²) in [6, 6.07) is 9.28. The van der Waals surface area contributed by atoms with Crippen molar-refractivity contribution >= 4 is 29.7 Å². The van der Waals surface area contributed by atoms with Gasteiger partial charge in [0.05, 0.1) is 0 Å². The molecule has 0 aliphatic carbocycles. The Balaban J connectivity index is 2.94. The molecular weight excluding hydrogens is 356 g/mol. The van der Waals surface area contributed by atoms with Crippen LogP contribution in [-0.4, -0.2) is 21.8 Å². The first-order valence-corrected chi connectivity index (χ1v) is 11.1. The molecule has 124 valence electrons. The zero-order valence-corrected chi connectivity index (χ0v) is 16.7. The second-order valence-corrected chi connectivity index (χ2v) is 9.52. The smallest absolute Gasteiger partial charge is 0.372 e. The highest BCUT2D eigenvalue weighted by Gasteiger charge is 2.40. The van der Waals surface area contributed by atoms with Crippen LogP contribution < -0.4 is 0 Å². The summed E-state index contributed by atoms with van der Waals surface area (Å²) in [6.07, 6.45) is 4.90. The maximum Gasteiger partial charge on any atom is 0.372 e. The fourth-order valence-corrected chi connectivity index (χ4v) is 6.17. The van der Waals surface area contributed by atoms with Crippen LogP contribution in [0.4, 0.5) is 0 Å². The molecule has 0 aliphatic rings. The molecular formula is C18H29BrO2Si. The van der Waals surface area contributed by atoms with Crippen LogP contribution in [0.25, 0.3) is 5.20 Å². The lowest BCUT2D eigenvalue weighted by molar-refractivity contribution is 0.196. The van der Waals surface area contributed by atoms with E-state index < -0.39 is 8.56 Å².